The molecule has 0 radical (unpaired) electrons. The van der Waals surface area contributed by atoms with Gasteiger partial charge in [-0.3, -0.25) is 19.2 Å². The van der Waals surface area contributed by atoms with E-state index in [9.17, 15) is 19.2 Å². The van der Waals surface area contributed by atoms with Gasteiger partial charge in [0.1, 0.15) is 0 Å². The van der Waals surface area contributed by atoms with E-state index in [1.54, 1.807) is 18.2 Å². The van der Waals surface area contributed by atoms with Gasteiger partial charge in [-0.05, 0) is 64.6 Å². The molecule has 0 N–H and O–H groups in total. The van der Waals surface area contributed by atoms with Crippen molar-refractivity contribution in [2.24, 2.45) is 0 Å². The molecule has 0 heterocycles. The van der Waals surface area contributed by atoms with Crippen LogP contribution >= 0.6 is 58.8 Å². The Morgan fingerprint density at radius 2 is 0.920 bits per heavy atom. The molecule has 0 unspecified atom stereocenters. The summed E-state index contributed by atoms with van der Waals surface area (Å²) in [6, 6.07) is 12.0. The first kappa shape index (κ1) is 23.6. The van der Waals surface area contributed by atoms with Crippen molar-refractivity contribution in [2.45, 2.75) is 0 Å². The first-order chi connectivity index (χ1) is 11.2. The minimum absolute atomic E-state index is 0. The Balaban J connectivity index is 0.000000443. The van der Waals surface area contributed by atoms with E-state index in [2.05, 4.69) is 0 Å². The largest absolute Gasteiger partial charge is 0.276 e. The van der Waals surface area contributed by atoms with E-state index >= 15 is 0 Å². The second-order valence-corrected chi connectivity index (χ2v) is 5.59. The van der Waals surface area contributed by atoms with Crippen LogP contribution in [-0.2, 0) is 0 Å². The van der Waals surface area contributed by atoms with Gasteiger partial charge in [-0.15, -0.1) is 12.4 Å². The summed E-state index contributed by atoms with van der Waals surface area (Å²) in [4.78, 5) is 42.7. The quantitative estimate of drug-likeness (QED) is 0.602. The van der Waals surface area contributed by atoms with Crippen LogP contribution in [-0.4, -0.2) is 21.0 Å². The molecule has 0 spiro atoms. The van der Waals surface area contributed by atoms with E-state index < -0.39 is 21.0 Å². The van der Waals surface area contributed by atoms with Crippen molar-refractivity contribution < 1.29 is 19.2 Å². The van der Waals surface area contributed by atoms with Crippen LogP contribution in [0.3, 0.4) is 0 Å². The number of hydrogen-bond donors (Lipinski definition) is 0. The normalized spacial score (nSPS) is 9.12. The highest BCUT2D eigenvalue weighted by atomic mass is 35.5. The lowest BCUT2D eigenvalue weighted by molar-refractivity contribution is 0.105. The van der Waals surface area contributed by atoms with E-state index in [4.69, 9.17) is 46.4 Å². The number of benzene rings is 2. The van der Waals surface area contributed by atoms with Crippen molar-refractivity contribution in [2.75, 3.05) is 0 Å². The van der Waals surface area contributed by atoms with Gasteiger partial charge in [-0.2, -0.15) is 0 Å². The topological polar surface area (TPSA) is 68.3 Å². The maximum atomic E-state index is 10.7. The third kappa shape index (κ3) is 7.55. The number of carbonyl (C=O) groups is 4. The number of hydrogen-bond acceptors (Lipinski definition) is 4. The van der Waals surface area contributed by atoms with E-state index in [0.29, 0.717) is 0 Å². The Labute approximate surface area is 169 Å². The minimum Gasteiger partial charge on any atom is -0.276 e. The predicted molar refractivity (Wildman–Crippen MR) is 101 cm³/mol. The molecule has 132 valence electrons. The molecule has 0 aliphatic rings. The predicted octanol–water partition coefficient (Wildman–Crippen LogP) is 5.31. The van der Waals surface area contributed by atoms with Crippen molar-refractivity contribution in [3.63, 3.8) is 0 Å². The van der Waals surface area contributed by atoms with Gasteiger partial charge in [0.15, 0.2) is 0 Å². The fourth-order valence-electron chi connectivity index (χ4n) is 1.59. The molecule has 0 aliphatic heterocycles. The molecule has 0 amide bonds. The fourth-order valence-corrected chi connectivity index (χ4v) is 2.15. The van der Waals surface area contributed by atoms with Crippen LogP contribution in [0.5, 0.6) is 0 Å². The molecule has 0 saturated heterocycles. The zero-order valence-electron chi connectivity index (χ0n) is 12.2. The molecule has 9 heteroatoms. The molecule has 0 fully saturated rings. The number of carbonyl (C=O) groups excluding carboxylic acids is 4. The number of rotatable bonds is 4. The van der Waals surface area contributed by atoms with Crippen LogP contribution in [0.1, 0.15) is 41.4 Å². The second kappa shape index (κ2) is 11.2. The second-order valence-electron chi connectivity index (χ2n) is 4.22. The first-order valence-electron chi connectivity index (χ1n) is 6.22. The minimum atomic E-state index is -0.681. The van der Waals surface area contributed by atoms with Gasteiger partial charge in [0.05, 0.1) is 0 Å². The smallest absolute Gasteiger partial charge is 0.253 e. The summed E-state index contributed by atoms with van der Waals surface area (Å²) in [6.45, 7) is 0. The molecular formula is C16H9Cl5O4. The SMILES string of the molecule is Cl.O=C(Cl)c1cccc(C(=O)Cl)c1.O=C(Cl)c1ccccc1C(=O)Cl. The molecule has 2 aromatic rings. The zero-order chi connectivity index (χ0) is 18.3. The maximum absolute atomic E-state index is 10.7. The molecule has 25 heavy (non-hydrogen) atoms. The molecule has 2 aromatic carbocycles. The van der Waals surface area contributed by atoms with Crippen molar-refractivity contribution >= 4 is 79.8 Å². The van der Waals surface area contributed by atoms with Gasteiger partial charge in [0.2, 0.25) is 0 Å². The lowest BCUT2D eigenvalue weighted by Crippen LogP contribution is -1.99. The summed E-state index contributed by atoms with van der Waals surface area (Å²) in [5, 5.41) is -2.57. The van der Waals surface area contributed by atoms with Crippen molar-refractivity contribution in [1.29, 1.82) is 0 Å². The van der Waals surface area contributed by atoms with Gasteiger partial charge >= 0.3 is 0 Å². The highest BCUT2D eigenvalue weighted by Crippen LogP contribution is 2.13. The van der Waals surface area contributed by atoms with Crippen LogP contribution in [0.2, 0.25) is 0 Å². The van der Waals surface area contributed by atoms with E-state index in [1.165, 1.54) is 30.3 Å². The average Bonchev–Trinajstić information content (AvgIpc) is 2.55. The van der Waals surface area contributed by atoms with Gasteiger partial charge in [0, 0.05) is 22.3 Å². The van der Waals surface area contributed by atoms with Crippen LogP contribution in [0, 0.1) is 0 Å². The van der Waals surface area contributed by atoms with E-state index in [-0.39, 0.29) is 34.7 Å². The van der Waals surface area contributed by atoms with Crippen LogP contribution in [0.4, 0.5) is 0 Å². The summed E-state index contributed by atoms with van der Waals surface area (Å²) < 4.78 is 0. The highest BCUT2D eigenvalue weighted by Gasteiger charge is 2.12. The van der Waals surface area contributed by atoms with Gasteiger partial charge in [0.25, 0.3) is 21.0 Å². The molecular weight excluding hydrogens is 433 g/mol. The van der Waals surface area contributed by atoms with Gasteiger partial charge in [-0.25, -0.2) is 0 Å². The average molecular weight is 443 g/mol. The molecule has 0 bridgehead atoms. The standard InChI is InChI=1S/2C8H4Cl2O2.ClH/c9-7(11)5-2-1-3-6(4-5)8(10)12;9-7(11)5-3-1-2-4-6(5)8(10)12;/h2*1-4H;1H. The lowest BCUT2D eigenvalue weighted by Gasteiger charge is -1.98. The third-order valence-corrected chi connectivity index (χ3v) is 3.51. The van der Waals surface area contributed by atoms with Crippen LogP contribution < -0.4 is 0 Å². The zero-order valence-corrected chi connectivity index (χ0v) is 16.0. The Bertz CT molecular complexity index is 742. The van der Waals surface area contributed by atoms with Crippen LogP contribution in [0.25, 0.3) is 0 Å². The highest BCUT2D eigenvalue weighted by molar-refractivity contribution is 6.72. The maximum Gasteiger partial charge on any atom is 0.253 e. The van der Waals surface area contributed by atoms with Crippen LogP contribution in [0.15, 0.2) is 48.5 Å². The summed E-state index contributed by atoms with van der Waals surface area (Å²) in [5.41, 5.74) is 0.810. The number of halogens is 5. The lowest BCUT2D eigenvalue weighted by atomic mass is 10.1. The Morgan fingerprint density at radius 3 is 1.20 bits per heavy atom. The Hall–Kier alpha value is -1.43. The molecule has 0 aliphatic carbocycles. The third-order valence-electron chi connectivity index (χ3n) is 2.67. The van der Waals surface area contributed by atoms with Crippen molar-refractivity contribution in [1.82, 2.24) is 0 Å². The summed E-state index contributed by atoms with van der Waals surface area (Å²) in [6.07, 6.45) is 0. The van der Waals surface area contributed by atoms with E-state index in [0.717, 1.165) is 0 Å². The summed E-state index contributed by atoms with van der Waals surface area (Å²) in [5.74, 6) is 0. The monoisotopic (exact) mass is 440 g/mol. The Morgan fingerprint density at radius 1 is 0.560 bits per heavy atom. The van der Waals surface area contributed by atoms with Gasteiger partial charge in [-0.1, -0.05) is 30.3 Å². The first-order valence-corrected chi connectivity index (χ1v) is 7.73. The molecule has 0 saturated carbocycles. The van der Waals surface area contributed by atoms with E-state index in [1.807, 2.05) is 0 Å². The fraction of sp³-hybridized carbons (Fsp3) is 0. The molecule has 0 atom stereocenters. The molecule has 0 aromatic heterocycles. The van der Waals surface area contributed by atoms with Crippen molar-refractivity contribution in [3.8, 4) is 0 Å². The molecule has 2 rings (SSSR count). The summed E-state index contributed by atoms with van der Waals surface area (Å²) in [7, 11) is 0. The Kier molecular flexibility index (Phi) is 10.6. The van der Waals surface area contributed by atoms with Crippen molar-refractivity contribution in [3.05, 3.63) is 70.8 Å². The molecule has 4 nitrogen and oxygen atoms in total. The van der Waals surface area contributed by atoms with Gasteiger partial charge < -0.3 is 0 Å². The summed E-state index contributed by atoms with van der Waals surface area (Å²) >= 11 is 20.8.